The van der Waals surface area contributed by atoms with Gasteiger partial charge < -0.3 is 4.74 Å². The third-order valence-corrected chi connectivity index (χ3v) is 1.79. The van der Waals surface area contributed by atoms with Crippen LogP contribution in [0.4, 0.5) is 0 Å². The molecule has 12 heavy (non-hydrogen) atoms. The Kier molecular flexibility index (Phi) is 2.86. The van der Waals surface area contributed by atoms with Crippen LogP contribution in [0.1, 0.15) is 6.92 Å². The molecule has 1 rings (SSSR count). The monoisotopic (exact) mass is 164 g/mol. The molecule has 0 radical (unpaired) electrons. The maximum Gasteiger partial charge on any atom is 0.330 e. The Labute approximate surface area is 72.2 Å². The molecule has 0 bridgehead atoms. The highest BCUT2D eigenvalue weighted by molar-refractivity contribution is 5.81. The van der Waals surface area contributed by atoms with Gasteiger partial charge in [0.15, 0.2) is 0 Å². The number of rotatable bonds is 3. The van der Waals surface area contributed by atoms with Crippen molar-refractivity contribution in [2.45, 2.75) is 13.0 Å². The van der Waals surface area contributed by atoms with Crippen molar-refractivity contribution in [2.75, 3.05) is 0 Å². The molecule has 0 aromatic heterocycles. The van der Waals surface area contributed by atoms with Gasteiger partial charge in [0.25, 0.3) is 0 Å². The van der Waals surface area contributed by atoms with E-state index in [1.807, 2.05) is 31.2 Å². The van der Waals surface area contributed by atoms with Crippen LogP contribution in [0.3, 0.4) is 0 Å². The van der Waals surface area contributed by atoms with Crippen molar-refractivity contribution in [3.05, 3.63) is 37.0 Å². The lowest BCUT2D eigenvalue weighted by Crippen LogP contribution is -2.19. The number of hydrogen-bond acceptors (Lipinski definition) is 2. The van der Waals surface area contributed by atoms with Crippen LogP contribution in [-0.2, 0) is 9.53 Å². The molecule has 1 atom stereocenters. The standard InChI is InChI=1S/C10H12O2/c1-3-10(11)12-8(2)9-6-4-5-7-9/h3-9H,1H2,2H3. The molecular weight excluding hydrogens is 152 g/mol. The molecule has 0 saturated heterocycles. The maximum atomic E-state index is 10.8. The van der Waals surface area contributed by atoms with Crippen LogP contribution in [0, 0.1) is 5.92 Å². The molecule has 1 aliphatic rings. The van der Waals surface area contributed by atoms with Gasteiger partial charge >= 0.3 is 5.97 Å². The largest absolute Gasteiger partial charge is 0.459 e. The van der Waals surface area contributed by atoms with Gasteiger partial charge in [0.05, 0.1) is 0 Å². The van der Waals surface area contributed by atoms with Gasteiger partial charge in [-0.3, -0.25) is 0 Å². The number of ether oxygens (including phenoxy) is 1. The summed E-state index contributed by atoms with van der Waals surface area (Å²) in [7, 11) is 0. The Morgan fingerprint density at radius 2 is 2.17 bits per heavy atom. The van der Waals surface area contributed by atoms with E-state index < -0.39 is 0 Å². The second kappa shape index (κ2) is 3.90. The third-order valence-electron chi connectivity index (χ3n) is 1.79. The first kappa shape index (κ1) is 8.78. The van der Waals surface area contributed by atoms with E-state index >= 15 is 0 Å². The predicted octanol–water partition coefficient (Wildman–Crippen LogP) is 1.85. The summed E-state index contributed by atoms with van der Waals surface area (Å²) in [5, 5.41) is 0. The average Bonchev–Trinajstić information content (AvgIpc) is 2.56. The van der Waals surface area contributed by atoms with Crippen LogP contribution in [0.25, 0.3) is 0 Å². The van der Waals surface area contributed by atoms with E-state index in [2.05, 4.69) is 6.58 Å². The Morgan fingerprint density at radius 1 is 1.58 bits per heavy atom. The first-order valence-electron chi connectivity index (χ1n) is 3.92. The minimum absolute atomic E-state index is 0.106. The zero-order chi connectivity index (χ0) is 8.97. The Bertz CT molecular complexity index is 226. The van der Waals surface area contributed by atoms with E-state index in [1.165, 1.54) is 6.08 Å². The van der Waals surface area contributed by atoms with Crippen LogP contribution >= 0.6 is 0 Å². The van der Waals surface area contributed by atoms with Gasteiger partial charge in [0, 0.05) is 12.0 Å². The van der Waals surface area contributed by atoms with Crippen molar-refractivity contribution in [1.82, 2.24) is 0 Å². The lowest BCUT2D eigenvalue weighted by atomic mass is 10.1. The molecule has 0 aromatic rings. The highest BCUT2D eigenvalue weighted by atomic mass is 16.5. The van der Waals surface area contributed by atoms with Crippen molar-refractivity contribution < 1.29 is 9.53 Å². The summed E-state index contributed by atoms with van der Waals surface area (Å²) in [4.78, 5) is 10.8. The summed E-state index contributed by atoms with van der Waals surface area (Å²) >= 11 is 0. The normalized spacial score (nSPS) is 17.8. The summed E-state index contributed by atoms with van der Waals surface area (Å²) in [5.74, 6) is -0.148. The van der Waals surface area contributed by atoms with E-state index in [0.29, 0.717) is 0 Å². The van der Waals surface area contributed by atoms with Gasteiger partial charge in [0.1, 0.15) is 6.10 Å². The number of allylic oxidation sites excluding steroid dienone is 2. The molecule has 0 spiro atoms. The molecule has 0 aromatic carbocycles. The molecule has 2 nitrogen and oxygen atoms in total. The minimum Gasteiger partial charge on any atom is -0.459 e. The molecule has 0 aliphatic heterocycles. The first-order chi connectivity index (χ1) is 5.74. The summed E-state index contributed by atoms with van der Waals surface area (Å²) in [6.07, 6.45) is 8.97. The fraction of sp³-hybridized carbons (Fsp3) is 0.300. The summed E-state index contributed by atoms with van der Waals surface area (Å²) in [6, 6.07) is 0. The molecule has 0 amide bonds. The van der Waals surface area contributed by atoms with Crippen molar-refractivity contribution in [2.24, 2.45) is 5.92 Å². The van der Waals surface area contributed by atoms with Gasteiger partial charge in [-0.15, -0.1) is 0 Å². The lowest BCUT2D eigenvalue weighted by molar-refractivity contribution is -0.143. The summed E-state index contributed by atoms with van der Waals surface area (Å²) in [6.45, 7) is 5.20. The molecular formula is C10H12O2. The highest BCUT2D eigenvalue weighted by Crippen LogP contribution is 2.16. The fourth-order valence-corrected chi connectivity index (χ4v) is 1.07. The summed E-state index contributed by atoms with van der Waals surface area (Å²) < 4.78 is 5.02. The van der Waals surface area contributed by atoms with Crippen LogP contribution in [0.2, 0.25) is 0 Å². The molecule has 64 valence electrons. The molecule has 0 fully saturated rings. The second-order valence-electron chi connectivity index (χ2n) is 2.69. The fourth-order valence-electron chi connectivity index (χ4n) is 1.07. The molecule has 1 aliphatic carbocycles. The molecule has 2 heteroatoms. The zero-order valence-electron chi connectivity index (χ0n) is 7.07. The average molecular weight is 164 g/mol. The maximum absolute atomic E-state index is 10.8. The number of carbonyl (C=O) groups is 1. The Balaban J connectivity index is 2.42. The van der Waals surface area contributed by atoms with Crippen molar-refractivity contribution in [3.63, 3.8) is 0 Å². The molecule has 1 unspecified atom stereocenters. The third kappa shape index (κ3) is 2.09. The van der Waals surface area contributed by atoms with Crippen LogP contribution in [-0.4, -0.2) is 12.1 Å². The van der Waals surface area contributed by atoms with E-state index in [9.17, 15) is 4.79 Å². The predicted molar refractivity (Wildman–Crippen MR) is 47.5 cm³/mol. The topological polar surface area (TPSA) is 26.3 Å². The number of esters is 1. The lowest BCUT2D eigenvalue weighted by Gasteiger charge is -2.15. The van der Waals surface area contributed by atoms with Gasteiger partial charge in [0.2, 0.25) is 0 Å². The molecule has 0 saturated carbocycles. The van der Waals surface area contributed by atoms with Crippen molar-refractivity contribution in [1.29, 1.82) is 0 Å². The second-order valence-corrected chi connectivity index (χ2v) is 2.69. The van der Waals surface area contributed by atoms with Gasteiger partial charge in [-0.05, 0) is 6.92 Å². The van der Waals surface area contributed by atoms with Crippen LogP contribution < -0.4 is 0 Å². The van der Waals surface area contributed by atoms with E-state index in [1.54, 1.807) is 0 Å². The molecule has 0 heterocycles. The smallest absolute Gasteiger partial charge is 0.330 e. The summed E-state index contributed by atoms with van der Waals surface area (Å²) in [5.41, 5.74) is 0. The molecule has 0 N–H and O–H groups in total. The van der Waals surface area contributed by atoms with E-state index in [4.69, 9.17) is 4.74 Å². The van der Waals surface area contributed by atoms with Crippen molar-refractivity contribution >= 4 is 5.97 Å². The van der Waals surface area contributed by atoms with Crippen molar-refractivity contribution in [3.8, 4) is 0 Å². The number of carbonyl (C=O) groups excluding carboxylic acids is 1. The first-order valence-corrected chi connectivity index (χ1v) is 3.92. The minimum atomic E-state index is -0.365. The van der Waals surface area contributed by atoms with Crippen LogP contribution in [0.15, 0.2) is 37.0 Å². The van der Waals surface area contributed by atoms with Gasteiger partial charge in [-0.25, -0.2) is 4.79 Å². The van der Waals surface area contributed by atoms with Gasteiger partial charge in [-0.2, -0.15) is 0 Å². The highest BCUT2D eigenvalue weighted by Gasteiger charge is 2.15. The van der Waals surface area contributed by atoms with Gasteiger partial charge in [-0.1, -0.05) is 30.9 Å². The van der Waals surface area contributed by atoms with E-state index in [0.717, 1.165) is 0 Å². The number of hydrogen-bond donors (Lipinski definition) is 0. The SMILES string of the molecule is C=CC(=O)OC(C)C1C=CC=C1. The van der Waals surface area contributed by atoms with Crippen LogP contribution in [0.5, 0.6) is 0 Å². The Morgan fingerprint density at radius 3 is 2.67 bits per heavy atom. The quantitative estimate of drug-likeness (QED) is 0.470. The zero-order valence-corrected chi connectivity index (χ0v) is 7.07. The Hall–Kier alpha value is -1.31. The van der Waals surface area contributed by atoms with E-state index in [-0.39, 0.29) is 18.0 Å².